The SMILES string of the molecule is CN(C(=O)OC(C)(C)C)C(Cc1ccc([N+](=O)[O-])cc1)C(=O)O. The lowest BCUT2D eigenvalue weighted by molar-refractivity contribution is -0.384. The summed E-state index contributed by atoms with van der Waals surface area (Å²) >= 11 is 0. The Hall–Kier alpha value is -2.64. The number of hydrogen-bond donors (Lipinski definition) is 1. The minimum Gasteiger partial charge on any atom is -0.480 e. The first kappa shape index (κ1) is 18.4. The van der Waals surface area contributed by atoms with Gasteiger partial charge in [-0.05, 0) is 26.3 Å². The van der Waals surface area contributed by atoms with Crippen LogP contribution in [-0.2, 0) is 16.0 Å². The Morgan fingerprint density at radius 1 is 1.30 bits per heavy atom. The molecule has 0 fully saturated rings. The van der Waals surface area contributed by atoms with Crippen LogP contribution in [0.2, 0.25) is 0 Å². The Labute approximate surface area is 133 Å². The van der Waals surface area contributed by atoms with Crippen LogP contribution >= 0.6 is 0 Å². The van der Waals surface area contributed by atoms with E-state index >= 15 is 0 Å². The monoisotopic (exact) mass is 324 g/mol. The van der Waals surface area contributed by atoms with Gasteiger partial charge in [0.15, 0.2) is 0 Å². The van der Waals surface area contributed by atoms with Gasteiger partial charge in [-0.25, -0.2) is 9.59 Å². The molecule has 1 unspecified atom stereocenters. The fourth-order valence-corrected chi connectivity index (χ4v) is 1.83. The normalized spacial score (nSPS) is 12.3. The molecule has 0 saturated heterocycles. The number of nitro groups is 1. The summed E-state index contributed by atoms with van der Waals surface area (Å²) in [5.74, 6) is -1.18. The maximum Gasteiger partial charge on any atom is 0.410 e. The molecule has 1 amide bonds. The molecule has 8 nitrogen and oxygen atoms in total. The molecule has 1 rings (SSSR count). The van der Waals surface area contributed by atoms with Crippen molar-refractivity contribution >= 4 is 17.7 Å². The van der Waals surface area contributed by atoms with Crippen molar-refractivity contribution in [3.63, 3.8) is 0 Å². The fraction of sp³-hybridized carbons (Fsp3) is 0.467. The number of carboxylic acids is 1. The van der Waals surface area contributed by atoms with Crippen molar-refractivity contribution in [2.24, 2.45) is 0 Å². The van der Waals surface area contributed by atoms with Gasteiger partial charge in [0, 0.05) is 25.6 Å². The molecule has 126 valence electrons. The molecule has 8 heteroatoms. The van der Waals surface area contributed by atoms with E-state index in [4.69, 9.17) is 4.74 Å². The van der Waals surface area contributed by atoms with Crippen LogP contribution in [0.3, 0.4) is 0 Å². The molecule has 0 heterocycles. The van der Waals surface area contributed by atoms with Crippen molar-refractivity contribution in [3.05, 3.63) is 39.9 Å². The summed E-state index contributed by atoms with van der Waals surface area (Å²) in [7, 11) is 1.35. The van der Waals surface area contributed by atoms with Gasteiger partial charge in [0.1, 0.15) is 11.6 Å². The number of hydrogen-bond acceptors (Lipinski definition) is 5. The third kappa shape index (κ3) is 5.57. The topological polar surface area (TPSA) is 110 Å². The van der Waals surface area contributed by atoms with E-state index in [1.54, 1.807) is 20.8 Å². The van der Waals surface area contributed by atoms with E-state index < -0.39 is 28.6 Å². The number of nitrogens with zero attached hydrogens (tertiary/aromatic N) is 2. The number of nitro benzene ring substituents is 1. The predicted molar refractivity (Wildman–Crippen MR) is 82.2 cm³/mol. The van der Waals surface area contributed by atoms with Crippen LogP contribution in [0.15, 0.2) is 24.3 Å². The van der Waals surface area contributed by atoms with Crippen LogP contribution in [-0.4, -0.2) is 45.7 Å². The second-order valence-corrected chi connectivity index (χ2v) is 6.07. The first-order chi connectivity index (χ1) is 10.5. The predicted octanol–water partition coefficient (Wildman–Crippen LogP) is 2.46. The zero-order valence-electron chi connectivity index (χ0n) is 13.5. The van der Waals surface area contributed by atoms with E-state index in [9.17, 15) is 24.8 Å². The van der Waals surface area contributed by atoms with E-state index in [0.717, 1.165) is 4.90 Å². The zero-order valence-corrected chi connectivity index (χ0v) is 13.5. The Bertz CT molecular complexity index is 591. The highest BCUT2D eigenvalue weighted by molar-refractivity contribution is 5.80. The molecule has 0 aliphatic rings. The number of carbonyl (C=O) groups is 2. The van der Waals surface area contributed by atoms with Gasteiger partial charge in [0.05, 0.1) is 4.92 Å². The van der Waals surface area contributed by atoms with Crippen molar-refractivity contribution in [1.29, 1.82) is 0 Å². The molecule has 0 spiro atoms. The van der Waals surface area contributed by atoms with Gasteiger partial charge in [-0.1, -0.05) is 12.1 Å². The number of benzene rings is 1. The maximum atomic E-state index is 12.0. The molecule has 23 heavy (non-hydrogen) atoms. The van der Waals surface area contributed by atoms with Crippen molar-refractivity contribution in [2.45, 2.75) is 38.8 Å². The van der Waals surface area contributed by atoms with Crippen molar-refractivity contribution in [2.75, 3.05) is 7.05 Å². The van der Waals surface area contributed by atoms with Crippen LogP contribution in [0.25, 0.3) is 0 Å². The van der Waals surface area contributed by atoms with Gasteiger partial charge in [-0.15, -0.1) is 0 Å². The first-order valence-electron chi connectivity index (χ1n) is 6.93. The molecular weight excluding hydrogens is 304 g/mol. The molecule has 0 aromatic heterocycles. The van der Waals surface area contributed by atoms with Gasteiger partial charge in [0.25, 0.3) is 5.69 Å². The van der Waals surface area contributed by atoms with E-state index in [0.29, 0.717) is 5.56 Å². The number of rotatable bonds is 5. The third-order valence-corrected chi connectivity index (χ3v) is 3.01. The zero-order chi connectivity index (χ0) is 17.8. The van der Waals surface area contributed by atoms with Crippen LogP contribution < -0.4 is 0 Å². The molecule has 0 bridgehead atoms. The van der Waals surface area contributed by atoms with E-state index in [1.165, 1.54) is 31.3 Å². The minimum atomic E-state index is -1.18. The lowest BCUT2D eigenvalue weighted by Gasteiger charge is -2.28. The largest absolute Gasteiger partial charge is 0.480 e. The standard InChI is InChI=1S/C15H20N2O6/c1-15(2,3)23-14(20)16(4)12(13(18)19)9-10-5-7-11(8-6-10)17(21)22/h5-8,12H,9H2,1-4H3,(H,18,19). The number of aliphatic carboxylic acids is 1. The molecule has 0 radical (unpaired) electrons. The lowest BCUT2D eigenvalue weighted by atomic mass is 10.0. The summed E-state index contributed by atoms with van der Waals surface area (Å²) in [6, 6.07) is 4.39. The number of likely N-dealkylation sites (N-methyl/N-ethyl adjacent to an activating group) is 1. The van der Waals surface area contributed by atoms with Crippen LogP contribution in [0.4, 0.5) is 10.5 Å². The second-order valence-electron chi connectivity index (χ2n) is 6.07. The Balaban J connectivity index is 2.88. The summed E-state index contributed by atoms with van der Waals surface area (Å²) in [6.45, 7) is 5.06. The summed E-state index contributed by atoms with van der Waals surface area (Å²) in [6.07, 6.45) is -0.727. The first-order valence-corrected chi connectivity index (χ1v) is 6.93. The van der Waals surface area contributed by atoms with E-state index in [2.05, 4.69) is 0 Å². The number of amides is 1. The molecule has 1 aromatic carbocycles. The summed E-state index contributed by atoms with van der Waals surface area (Å²) in [5.41, 5.74) is -0.249. The highest BCUT2D eigenvalue weighted by atomic mass is 16.6. The van der Waals surface area contributed by atoms with Crippen molar-refractivity contribution in [3.8, 4) is 0 Å². The van der Waals surface area contributed by atoms with Gasteiger partial charge in [0.2, 0.25) is 0 Å². The number of non-ortho nitro benzene ring substituents is 1. The highest BCUT2D eigenvalue weighted by Gasteiger charge is 2.30. The van der Waals surface area contributed by atoms with Crippen LogP contribution in [0.5, 0.6) is 0 Å². The van der Waals surface area contributed by atoms with Gasteiger partial charge in [-0.3, -0.25) is 15.0 Å². The van der Waals surface area contributed by atoms with Gasteiger partial charge >= 0.3 is 12.1 Å². The van der Waals surface area contributed by atoms with E-state index in [1.807, 2.05) is 0 Å². The van der Waals surface area contributed by atoms with Crippen LogP contribution in [0, 0.1) is 10.1 Å². The smallest absolute Gasteiger partial charge is 0.410 e. The fourth-order valence-electron chi connectivity index (χ4n) is 1.83. The maximum absolute atomic E-state index is 12.0. The van der Waals surface area contributed by atoms with Gasteiger partial charge in [-0.2, -0.15) is 0 Å². The van der Waals surface area contributed by atoms with Crippen LogP contribution in [0.1, 0.15) is 26.3 Å². The Morgan fingerprint density at radius 2 is 1.83 bits per heavy atom. The minimum absolute atomic E-state index is 0.0169. The third-order valence-electron chi connectivity index (χ3n) is 3.01. The Morgan fingerprint density at radius 3 is 2.22 bits per heavy atom. The summed E-state index contributed by atoms with van der Waals surface area (Å²) in [4.78, 5) is 34.5. The average Bonchev–Trinajstić information content (AvgIpc) is 2.42. The van der Waals surface area contributed by atoms with E-state index in [-0.39, 0.29) is 12.1 Å². The molecule has 0 saturated carbocycles. The second kappa shape index (κ2) is 7.08. The molecule has 1 N–H and O–H groups in total. The highest BCUT2D eigenvalue weighted by Crippen LogP contribution is 2.16. The van der Waals surface area contributed by atoms with Crippen molar-refractivity contribution < 1.29 is 24.4 Å². The summed E-state index contributed by atoms with van der Waals surface area (Å²) in [5, 5.41) is 20.0. The molecule has 0 aliphatic heterocycles. The quantitative estimate of drug-likeness (QED) is 0.658. The summed E-state index contributed by atoms with van der Waals surface area (Å²) < 4.78 is 5.15. The number of ether oxygens (including phenoxy) is 1. The number of carboxylic acid groups (broad SMARTS) is 1. The average molecular weight is 324 g/mol. The number of carbonyl (C=O) groups excluding carboxylic acids is 1. The molecular formula is C15H20N2O6. The molecule has 1 atom stereocenters. The molecule has 0 aliphatic carbocycles. The Kier molecular flexibility index (Phi) is 5.67. The lowest BCUT2D eigenvalue weighted by Crippen LogP contribution is -2.46. The van der Waals surface area contributed by atoms with Gasteiger partial charge < -0.3 is 9.84 Å². The molecule has 1 aromatic rings. The van der Waals surface area contributed by atoms with Crippen molar-refractivity contribution in [1.82, 2.24) is 4.90 Å².